The Morgan fingerprint density at radius 2 is 2.17 bits per heavy atom. The van der Waals surface area contributed by atoms with E-state index in [0.29, 0.717) is 25.3 Å². The smallest absolute Gasteiger partial charge is 0.220 e. The molecule has 1 heterocycles. The molecule has 0 aliphatic carbocycles. The first-order chi connectivity index (χ1) is 11.1. The molecule has 0 saturated carbocycles. The lowest BCUT2D eigenvalue weighted by atomic mass is 10.0. The summed E-state index contributed by atoms with van der Waals surface area (Å²) in [5.74, 6) is 0.500. The molecule has 0 spiro atoms. The van der Waals surface area contributed by atoms with Crippen LogP contribution in [0.4, 0.5) is 0 Å². The summed E-state index contributed by atoms with van der Waals surface area (Å²) >= 11 is 1.40. The summed E-state index contributed by atoms with van der Waals surface area (Å²) in [5.41, 5.74) is -0.323. The molecule has 0 bridgehead atoms. The molecule has 136 valence electrons. The van der Waals surface area contributed by atoms with Crippen molar-refractivity contribution in [3.05, 3.63) is 0 Å². The average Bonchev–Trinajstić information content (AvgIpc) is 2.54. The van der Waals surface area contributed by atoms with E-state index in [1.165, 1.54) is 11.8 Å². The summed E-state index contributed by atoms with van der Waals surface area (Å²) in [4.78, 5) is 11.7. The maximum atomic E-state index is 11.7. The monoisotopic (exact) mass is 351 g/mol. The van der Waals surface area contributed by atoms with E-state index in [2.05, 4.69) is 12.2 Å². The summed E-state index contributed by atoms with van der Waals surface area (Å²) in [6.07, 6.45) is 0.0134. The van der Waals surface area contributed by atoms with E-state index in [1.54, 1.807) is 0 Å². The first-order valence-corrected chi connectivity index (χ1v) is 9.21. The van der Waals surface area contributed by atoms with E-state index in [0.717, 1.165) is 19.4 Å². The molecule has 4 N–H and O–H groups in total. The molecule has 8 heteroatoms. The number of thioether (sulfide) groups is 1. The van der Waals surface area contributed by atoms with Crippen LogP contribution in [-0.2, 0) is 14.3 Å². The molecule has 4 unspecified atom stereocenters. The predicted octanol–water partition coefficient (Wildman–Crippen LogP) is -0.128. The van der Waals surface area contributed by atoms with Gasteiger partial charge in [-0.1, -0.05) is 13.3 Å². The minimum atomic E-state index is -1.06. The van der Waals surface area contributed by atoms with E-state index in [9.17, 15) is 15.0 Å². The lowest BCUT2D eigenvalue weighted by Gasteiger charge is -2.36. The van der Waals surface area contributed by atoms with Crippen molar-refractivity contribution in [2.45, 2.75) is 56.4 Å². The normalized spacial score (nSPS) is 27.8. The van der Waals surface area contributed by atoms with Gasteiger partial charge in [0.1, 0.15) is 17.6 Å². The molecule has 1 amide bonds. The van der Waals surface area contributed by atoms with E-state index in [-0.39, 0.29) is 24.4 Å². The third-order valence-corrected chi connectivity index (χ3v) is 4.67. The lowest BCUT2D eigenvalue weighted by molar-refractivity contribution is -0.157. The molecule has 0 radical (unpaired) electrons. The maximum absolute atomic E-state index is 11.7. The third-order valence-electron chi connectivity index (χ3n) is 3.56. The molecule has 1 rings (SSSR count). The highest BCUT2D eigenvalue weighted by Gasteiger charge is 2.36. The van der Waals surface area contributed by atoms with Gasteiger partial charge in [-0.15, -0.1) is 11.8 Å². The summed E-state index contributed by atoms with van der Waals surface area (Å²) in [7, 11) is 0. The van der Waals surface area contributed by atoms with Crippen molar-refractivity contribution in [2.75, 3.05) is 32.1 Å². The van der Waals surface area contributed by atoms with Crippen molar-refractivity contribution in [2.24, 2.45) is 0 Å². The molecule has 1 fully saturated rings. The lowest BCUT2D eigenvalue weighted by Crippen LogP contribution is -2.49. The second kappa shape index (κ2) is 12.0. The number of carbonyl (C=O) groups excluding carboxylic acids is 1. The summed E-state index contributed by atoms with van der Waals surface area (Å²) in [6, 6.07) is 0. The Labute approximate surface area is 141 Å². The van der Waals surface area contributed by atoms with Crippen LogP contribution in [0.15, 0.2) is 0 Å². The number of hydrogen-bond donors (Lipinski definition) is 4. The minimum absolute atomic E-state index is 0.0494. The van der Waals surface area contributed by atoms with Crippen molar-refractivity contribution in [1.82, 2.24) is 5.32 Å². The van der Waals surface area contributed by atoms with Gasteiger partial charge in [0.2, 0.25) is 5.91 Å². The van der Waals surface area contributed by atoms with Crippen LogP contribution < -0.4 is 5.32 Å². The fourth-order valence-electron chi connectivity index (χ4n) is 2.16. The van der Waals surface area contributed by atoms with E-state index < -0.39 is 18.3 Å². The minimum Gasteiger partial charge on any atom is -0.394 e. The van der Waals surface area contributed by atoms with Crippen LogP contribution in [0.25, 0.3) is 0 Å². The van der Waals surface area contributed by atoms with Gasteiger partial charge in [0.25, 0.3) is 0 Å². The highest BCUT2D eigenvalue weighted by Crippen LogP contribution is 2.28. The van der Waals surface area contributed by atoms with E-state index in [4.69, 9.17) is 14.6 Å². The molecule has 0 aromatic rings. The fraction of sp³-hybridized carbons (Fsp3) is 0.933. The van der Waals surface area contributed by atoms with Gasteiger partial charge in [0, 0.05) is 31.7 Å². The Morgan fingerprint density at radius 3 is 2.87 bits per heavy atom. The number of rotatable bonds is 11. The van der Waals surface area contributed by atoms with E-state index in [1.807, 2.05) is 0 Å². The van der Waals surface area contributed by atoms with Crippen molar-refractivity contribution in [1.29, 1.82) is 0 Å². The van der Waals surface area contributed by atoms with Crippen LogP contribution in [0.1, 0.15) is 32.6 Å². The predicted molar refractivity (Wildman–Crippen MR) is 88.2 cm³/mol. The first-order valence-electron chi connectivity index (χ1n) is 8.17. The Kier molecular flexibility index (Phi) is 10.8. The molecule has 1 aliphatic heterocycles. The van der Waals surface area contributed by atoms with Crippen LogP contribution in [0.2, 0.25) is 0 Å². The molecular weight excluding hydrogens is 322 g/mol. The van der Waals surface area contributed by atoms with Gasteiger partial charge in [-0.05, 0) is 6.42 Å². The Hall–Kier alpha value is -0.380. The number of ether oxygens (including phenoxy) is 2. The van der Waals surface area contributed by atoms with Gasteiger partial charge in [-0.3, -0.25) is 4.79 Å². The number of hydrogen-bond acceptors (Lipinski definition) is 7. The highest BCUT2D eigenvalue weighted by atomic mass is 32.2. The number of aliphatic hydroxyl groups excluding tert-OH is 3. The van der Waals surface area contributed by atoms with Crippen LogP contribution in [0, 0.1) is 0 Å². The first kappa shape index (κ1) is 20.7. The Morgan fingerprint density at radius 1 is 1.39 bits per heavy atom. The van der Waals surface area contributed by atoms with Crippen LogP contribution in [0.3, 0.4) is 0 Å². The van der Waals surface area contributed by atoms with Crippen molar-refractivity contribution >= 4 is 17.7 Å². The topological polar surface area (TPSA) is 108 Å². The van der Waals surface area contributed by atoms with Crippen molar-refractivity contribution in [3.63, 3.8) is 0 Å². The van der Waals surface area contributed by atoms with Crippen LogP contribution >= 0.6 is 11.8 Å². The highest BCUT2D eigenvalue weighted by molar-refractivity contribution is 7.99. The molecule has 1 aliphatic rings. The van der Waals surface area contributed by atoms with Crippen molar-refractivity contribution < 1.29 is 29.6 Å². The largest absolute Gasteiger partial charge is 0.394 e. The van der Waals surface area contributed by atoms with Crippen molar-refractivity contribution in [3.8, 4) is 0 Å². The standard InChI is InChI=1S/C15H29NO6S/c1-2-3-6-21-7-5-16-13(19)4-8-23-14-9-11(18)15(20)12(10-17)22-14/h11-12,14-15,17-18,20H,2-10H2,1H3,(H,16,19). The number of aliphatic hydroxyl groups is 3. The average molecular weight is 351 g/mol. The molecule has 4 atom stereocenters. The van der Waals surface area contributed by atoms with E-state index >= 15 is 0 Å². The van der Waals surface area contributed by atoms with Crippen LogP contribution in [-0.4, -0.2) is 77.1 Å². The number of amides is 1. The second-order valence-corrected chi connectivity index (χ2v) is 6.78. The quantitative estimate of drug-likeness (QED) is 0.384. The Balaban J connectivity index is 2.08. The van der Waals surface area contributed by atoms with Gasteiger partial charge in [-0.25, -0.2) is 0 Å². The number of carbonyl (C=O) groups is 1. The summed E-state index contributed by atoms with van der Waals surface area (Å²) < 4.78 is 10.8. The van der Waals surface area contributed by atoms with Crippen LogP contribution in [0.5, 0.6) is 0 Å². The van der Waals surface area contributed by atoms with Gasteiger partial charge in [0.05, 0.1) is 19.3 Å². The fourth-order valence-corrected chi connectivity index (χ4v) is 3.28. The zero-order valence-electron chi connectivity index (χ0n) is 13.6. The van der Waals surface area contributed by atoms with Gasteiger partial charge >= 0.3 is 0 Å². The zero-order chi connectivity index (χ0) is 17.1. The summed E-state index contributed by atoms with van der Waals surface area (Å²) in [5, 5.41) is 31.2. The molecule has 7 nitrogen and oxygen atoms in total. The van der Waals surface area contributed by atoms with Gasteiger partial charge < -0.3 is 30.1 Å². The molecule has 0 aromatic carbocycles. The molecule has 0 aromatic heterocycles. The van der Waals surface area contributed by atoms with Gasteiger partial charge in [-0.2, -0.15) is 0 Å². The third kappa shape index (κ3) is 8.32. The molecule has 23 heavy (non-hydrogen) atoms. The SMILES string of the molecule is CCCCOCCNC(=O)CCSC1CC(O)C(O)C(CO)O1. The maximum Gasteiger partial charge on any atom is 0.220 e. The number of unbranched alkanes of at least 4 members (excludes halogenated alkanes) is 1. The molecular formula is C15H29NO6S. The summed E-state index contributed by atoms with van der Waals surface area (Å²) in [6.45, 7) is 3.51. The molecule has 1 saturated heterocycles. The number of nitrogens with one attached hydrogen (secondary N) is 1. The zero-order valence-corrected chi connectivity index (χ0v) is 14.5. The Bertz CT molecular complexity index is 333. The van der Waals surface area contributed by atoms with Gasteiger partial charge in [0.15, 0.2) is 0 Å². The second-order valence-electron chi connectivity index (χ2n) is 5.52.